The monoisotopic (exact) mass is 622 g/mol. The zero-order valence-corrected chi connectivity index (χ0v) is 28.7. The summed E-state index contributed by atoms with van der Waals surface area (Å²) in [6.07, 6.45) is 10.0. The summed E-state index contributed by atoms with van der Waals surface area (Å²) in [5.41, 5.74) is 4.35. The van der Waals surface area contributed by atoms with Crippen molar-refractivity contribution in [2.45, 2.75) is 77.9 Å². The maximum atomic E-state index is 2.74. The van der Waals surface area contributed by atoms with Gasteiger partial charge in [-0.2, -0.15) is 0 Å². The topological polar surface area (TPSA) is 0 Å². The van der Waals surface area contributed by atoms with Gasteiger partial charge in [0.05, 0.1) is 0 Å². The molecule has 0 radical (unpaired) electrons. The largest absolute Gasteiger partial charge is 1.00 e. The molecule has 0 N–H and O–H groups in total. The Morgan fingerprint density at radius 3 is 2.17 bits per heavy atom. The maximum absolute atomic E-state index is 2.74. The van der Waals surface area contributed by atoms with Crippen molar-refractivity contribution < 1.29 is 48.0 Å². The molecule has 5 heteroatoms. The third-order valence-electron chi connectivity index (χ3n) is 7.44. The van der Waals surface area contributed by atoms with E-state index in [4.69, 9.17) is 0 Å². The normalized spacial score (nSPS) is 17.5. The average molecular weight is 625 g/mol. The summed E-state index contributed by atoms with van der Waals surface area (Å²) in [6.45, 7) is 19.3. The van der Waals surface area contributed by atoms with E-state index < -0.39 is 30.5 Å². The van der Waals surface area contributed by atoms with Crippen molar-refractivity contribution in [3.05, 3.63) is 68.3 Å². The van der Waals surface area contributed by atoms with Gasteiger partial charge in [-0.1, -0.05) is 0 Å². The van der Waals surface area contributed by atoms with E-state index in [1.807, 2.05) is 3.28 Å². The molecule has 0 saturated carbocycles. The molecular formula is C30H42Cl2SSiZr. The van der Waals surface area contributed by atoms with Crippen molar-refractivity contribution in [3.63, 3.8) is 0 Å². The standard InChI is InChI=1S/C25H33SSi.C5H9.2ClH.Zr/c1-18(2)25(27(7,8)26-6)16-20-10-9-11-22(23(20)17-25)19-12-14-21(15-13-19)24(3,4)5;1-3-5-4-2;;;/h9-15,17-18H,1-8H3;1,3H,4-5H2,2H3;2*1H;/q;;;;+2/p-2. The zero-order chi connectivity index (χ0) is 24.4. The summed E-state index contributed by atoms with van der Waals surface area (Å²) in [5.74, 6) is 0.616. The quantitative estimate of drug-likeness (QED) is 0.405. The number of fused-ring (bicyclic) bond motifs is 1. The van der Waals surface area contributed by atoms with E-state index in [0.29, 0.717) is 5.92 Å². The minimum atomic E-state index is -1.61. The second-order valence-corrected chi connectivity index (χ2v) is 22.5. The van der Waals surface area contributed by atoms with E-state index in [1.54, 1.807) is 5.22 Å². The minimum absolute atomic E-state index is 0. The van der Waals surface area contributed by atoms with Gasteiger partial charge in [0.2, 0.25) is 0 Å². The summed E-state index contributed by atoms with van der Waals surface area (Å²) < 4.78 is 4.43. The molecule has 3 rings (SSSR count). The van der Waals surface area contributed by atoms with E-state index in [-0.39, 0.29) is 35.3 Å². The Labute approximate surface area is 243 Å². The maximum Gasteiger partial charge on any atom is -1.00 e. The van der Waals surface area contributed by atoms with Crippen LogP contribution in [0.1, 0.15) is 59.9 Å². The number of allylic oxidation sites excluding steroid dienone is 1. The van der Waals surface area contributed by atoms with Crippen LogP contribution in [0.3, 0.4) is 0 Å². The number of hydrogen-bond donors (Lipinski definition) is 0. The second kappa shape index (κ2) is 13.1. The van der Waals surface area contributed by atoms with Crippen LogP contribution in [0.2, 0.25) is 18.1 Å². The van der Waals surface area contributed by atoms with E-state index >= 15 is 0 Å². The SMILES string of the molecule is CCCC=[CH][Zr+2][C]1=c2cccc(-c3ccc(C(C)(C)C)cc3)c2=CC1(C(C)C)[Si](C)(C)SC.[Cl-].[Cl-]. The molecule has 0 bridgehead atoms. The van der Waals surface area contributed by atoms with Gasteiger partial charge >= 0.3 is 221 Å². The number of benzene rings is 2. The van der Waals surface area contributed by atoms with Crippen molar-refractivity contribution >= 4 is 27.8 Å². The number of hydrogen-bond acceptors (Lipinski definition) is 1. The molecule has 35 heavy (non-hydrogen) atoms. The van der Waals surface area contributed by atoms with Crippen LogP contribution in [0, 0.1) is 5.92 Å². The van der Waals surface area contributed by atoms with E-state index in [2.05, 4.69) is 131 Å². The molecule has 190 valence electrons. The summed E-state index contributed by atoms with van der Waals surface area (Å²) in [5, 5.41) is 3.30. The molecule has 2 aromatic carbocycles. The first-order chi connectivity index (χ1) is 15.5. The molecule has 0 spiro atoms. The molecule has 0 fully saturated rings. The van der Waals surface area contributed by atoms with Gasteiger partial charge in [0, 0.05) is 0 Å². The van der Waals surface area contributed by atoms with Crippen LogP contribution in [0.4, 0.5) is 0 Å². The molecule has 0 amide bonds. The van der Waals surface area contributed by atoms with Gasteiger partial charge in [0.25, 0.3) is 0 Å². The third kappa shape index (κ3) is 6.51. The minimum Gasteiger partial charge on any atom is -1.00 e. The Kier molecular flexibility index (Phi) is 12.4. The van der Waals surface area contributed by atoms with Crippen LogP contribution >= 0.6 is 11.2 Å². The fourth-order valence-corrected chi connectivity index (χ4v) is 17.3. The third-order valence-corrected chi connectivity index (χ3v) is 19.5. The van der Waals surface area contributed by atoms with Crippen molar-refractivity contribution in [1.82, 2.24) is 0 Å². The predicted molar refractivity (Wildman–Crippen MR) is 150 cm³/mol. The molecule has 0 nitrogen and oxygen atoms in total. The summed E-state index contributed by atoms with van der Waals surface area (Å²) >= 11 is 1.35. The van der Waals surface area contributed by atoms with Crippen molar-refractivity contribution in [2.24, 2.45) is 5.92 Å². The Hall–Kier alpha value is -0.0500. The van der Waals surface area contributed by atoms with Gasteiger partial charge in [-0.3, -0.25) is 0 Å². The summed E-state index contributed by atoms with van der Waals surface area (Å²) in [7, 11) is -1.61. The molecule has 1 aliphatic rings. The molecule has 2 aromatic rings. The van der Waals surface area contributed by atoms with Gasteiger partial charge in [-0.15, -0.1) is 0 Å². The summed E-state index contributed by atoms with van der Waals surface area (Å²) in [6, 6.07) is 16.4. The Bertz CT molecular complexity index is 1130. The van der Waals surface area contributed by atoms with Crippen LogP contribution in [0.25, 0.3) is 20.5 Å². The molecule has 0 aliphatic heterocycles. The first-order valence-corrected chi connectivity index (χ1v) is 20.0. The number of unbranched alkanes of at least 4 members (excludes halogenated alkanes) is 1. The molecule has 1 atom stereocenters. The van der Waals surface area contributed by atoms with Crippen molar-refractivity contribution in [2.75, 3.05) is 6.26 Å². The molecule has 1 unspecified atom stereocenters. The zero-order valence-electron chi connectivity index (χ0n) is 22.9. The molecule has 0 heterocycles. The van der Waals surface area contributed by atoms with E-state index in [1.165, 1.54) is 34.8 Å². The fourth-order valence-electron chi connectivity index (χ4n) is 5.25. The van der Waals surface area contributed by atoms with Crippen LogP contribution < -0.4 is 35.3 Å². The Morgan fingerprint density at radius 1 is 1.03 bits per heavy atom. The molecular weight excluding hydrogens is 583 g/mol. The Balaban J connectivity index is 0.00000306. The van der Waals surface area contributed by atoms with Crippen LogP contribution in [0.5, 0.6) is 0 Å². The van der Waals surface area contributed by atoms with Gasteiger partial charge in [-0.05, 0) is 0 Å². The number of halogens is 2. The van der Waals surface area contributed by atoms with Gasteiger partial charge < -0.3 is 24.8 Å². The van der Waals surface area contributed by atoms with Crippen LogP contribution in [0.15, 0.2) is 52.3 Å². The Morgan fingerprint density at radius 2 is 1.66 bits per heavy atom. The molecule has 0 aromatic heterocycles. The predicted octanol–water partition coefficient (Wildman–Crippen LogP) is 1.92. The van der Waals surface area contributed by atoms with Crippen molar-refractivity contribution in [3.8, 4) is 11.1 Å². The van der Waals surface area contributed by atoms with Gasteiger partial charge in [0.1, 0.15) is 0 Å². The van der Waals surface area contributed by atoms with Gasteiger partial charge in [-0.25, -0.2) is 0 Å². The molecule has 1 aliphatic carbocycles. The number of rotatable bonds is 8. The van der Waals surface area contributed by atoms with Crippen LogP contribution in [-0.4, -0.2) is 13.5 Å². The van der Waals surface area contributed by atoms with Gasteiger partial charge in [0.15, 0.2) is 0 Å². The fraction of sp³-hybridized carbons (Fsp3) is 0.467. The van der Waals surface area contributed by atoms with Crippen LogP contribution in [-0.2, 0) is 28.6 Å². The summed E-state index contributed by atoms with van der Waals surface area (Å²) in [4.78, 5) is 0. The first-order valence-electron chi connectivity index (χ1n) is 12.4. The van der Waals surface area contributed by atoms with E-state index in [0.717, 1.165) is 0 Å². The second-order valence-electron chi connectivity index (χ2n) is 11.2. The smallest absolute Gasteiger partial charge is 1.00 e. The molecule has 0 saturated heterocycles. The average Bonchev–Trinajstić information content (AvgIpc) is 3.12. The van der Waals surface area contributed by atoms with Crippen molar-refractivity contribution in [1.29, 1.82) is 0 Å². The first kappa shape index (κ1) is 33.0. The van der Waals surface area contributed by atoms with E-state index in [9.17, 15) is 0 Å².